The number of benzene rings is 1. The number of Topliss-reactive ketones (excluding diaryl/α,β-unsaturated/α-hetero) is 1. The fraction of sp³-hybridized carbons (Fsp3) is 0.300. The van der Waals surface area contributed by atoms with Crippen molar-refractivity contribution < 1.29 is 4.79 Å². The minimum Gasteiger partial charge on any atom is -0.294 e. The highest BCUT2D eigenvalue weighted by Crippen LogP contribution is 2.13. The highest BCUT2D eigenvalue weighted by Gasteiger charge is 2.09. The van der Waals surface area contributed by atoms with Crippen LogP contribution in [0.4, 0.5) is 0 Å². The molecule has 2 heteroatoms. The second-order valence-electron chi connectivity index (χ2n) is 3.03. The van der Waals surface area contributed by atoms with E-state index in [1.54, 1.807) is 24.3 Å². The van der Waals surface area contributed by atoms with Gasteiger partial charge in [0.1, 0.15) is 0 Å². The SMILES string of the molecule is CC(C)C(=O)c1cccc(Cl)c1. The highest BCUT2D eigenvalue weighted by atomic mass is 35.5. The predicted molar refractivity (Wildman–Crippen MR) is 50.6 cm³/mol. The second-order valence-corrected chi connectivity index (χ2v) is 3.47. The zero-order valence-corrected chi connectivity index (χ0v) is 7.93. The summed E-state index contributed by atoms with van der Waals surface area (Å²) in [4.78, 5) is 11.4. The van der Waals surface area contributed by atoms with Crippen LogP contribution in [0.5, 0.6) is 0 Å². The smallest absolute Gasteiger partial charge is 0.165 e. The Bertz CT molecular complexity index is 292. The first-order valence-corrected chi connectivity index (χ1v) is 4.29. The third-order valence-corrected chi connectivity index (χ3v) is 1.87. The van der Waals surface area contributed by atoms with E-state index in [4.69, 9.17) is 11.6 Å². The lowest BCUT2D eigenvalue weighted by Crippen LogP contribution is -2.06. The lowest BCUT2D eigenvalue weighted by atomic mass is 10.0. The summed E-state index contributed by atoms with van der Waals surface area (Å²) in [7, 11) is 0. The third kappa shape index (κ3) is 2.08. The van der Waals surface area contributed by atoms with Crippen molar-refractivity contribution in [2.24, 2.45) is 5.92 Å². The van der Waals surface area contributed by atoms with Crippen LogP contribution < -0.4 is 0 Å². The van der Waals surface area contributed by atoms with Gasteiger partial charge >= 0.3 is 0 Å². The number of carbonyl (C=O) groups is 1. The van der Waals surface area contributed by atoms with Crippen molar-refractivity contribution >= 4 is 17.4 Å². The molecule has 0 amide bonds. The van der Waals surface area contributed by atoms with E-state index in [1.807, 2.05) is 13.8 Å². The van der Waals surface area contributed by atoms with E-state index in [9.17, 15) is 4.79 Å². The summed E-state index contributed by atoms with van der Waals surface area (Å²) in [5, 5.41) is 0.613. The summed E-state index contributed by atoms with van der Waals surface area (Å²) in [6.45, 7) is 3.76. The van der Waals surface area contributed by atoms with E-state index in [0.29, 0.717) is 10.6 Å². The lowest BCUT2D eigenvalue weighted by molar-refractivity contribution is 0.0939. The standard InChI is InChI=1S/C10H11ClO/c1-7(2)10(12)8-4-3-5-9(11)6-8/h3-7H,1-2H3. The van der Waals surface area contributed by atoms with Crippen LogP contribution >= 0.6 is 11.6 Å². The molecule has 0 heterocycles. The maximum absolute atomic E-state index is 11.4. The van der Waals surface area contributed by atoms with Crippen LogP contribution in [0.25, 0.3) is 0 Å². The first kappa shape index (κ1) is 9.27. The molecule has 0 unspecified atom stereocenters. The molecular formula is C10H11ClO. The molecule has 0 saturated heterocycles. The fourth-order valence-corrected chi connectivity index (χ4v) is 1.17. The molecule has 1 nitrogen and oxygen atoms in total. The molecule has 1 aromatic rings. The van der Waals surface area contributed by atoms with Gasteiger partial charge in [0.05, 0.1) is 0 Å². The van der Waals surface area contributed by atoms with Crippen LogP contribution in [0, 0.1) is 5.92 Å². The number of ketones is 1. The molecule has 0 saturated carbocycles. The van der Waals surface area contributed by atoms with Gasteiger partial charge in [-0.2, -0.15) is 0 Å². The van der Waals surface area contributed by atoms with E-state index in [0.717, 1.165) is 0 Å². The van der Waals surface area contributed by atoms with E-state index < -0.39 is 0 Å². The largest absolute Gasteiger partial charge is 0.294 e. The Kier molecular flexibility index (Phi) is 2.88. The maximum atomic E-state index is 11.4. The number of carbonyl (C=O) groups excluding carboxylic acids is 1. The van der Waals surface area contributed by atoms with Crippen LogP contribution in [-0.2, 0) is 0 Å². The van der Waals surface area contributed by atoms with Gasteiger partial charge in [0.15, 0.2) is 5.78 Å². The maximum Gasteiger partial charge on any atom is 0.165 e. The monoisotopic (exact) mass is 182 g/mol. The second kappa shape index (κ2) is 3.72. The summed E-state index contributed by atoms with van der Waals surface area (Å²) in [6.07, 6.45) is 0. The van der Waals surface area contributed by atoms with Crippen molar-refractivity contribution in [1.29, 1.82) is 0 Å². The lowest BCUT2D eigenvalue weighted by Gasteiger charge is -2.03. The Balaban J connectivity index is 2.96. The summed E-state index contributed by atoms with van der Waals surface area (Å²) >= 11 is 5.74. The average molecular weight is 183 g/mol. The van der Waals surface area contributed by atoms with Gasteiger partial charge in [0.25, 0.3) is 0 Å². The number of hydrogen-bond acceptors (Lipinski definition) is 1. The molecule has 0 aliphatic heterocycles. The molecule has 0 fully saturated rings. The zero-order valence-electron chi connectivity index (χ0n) is 7.17. The topological polar surface area (TPSA) is 17.1 Å². The Morgan fingerprint density at radius 1 is 1.42 bits per heavy atom. The number of rotatable bonds is 2. The highest BCUT2D eigenvalue weighted by molar-refractivity contribution is 6.31. The van der Waals surface area contributed by atoms with E-state index in [-0.39, 0.29) is 11.7 Å². The van der Waals surface area contributed by atoms with Gasteiger partial charge in [0.2, 0.25) is 0 Å². The van der Waals surface area contributed by atoms with Gasteiger partial charge in [-0.05, 0) is 12.1 Å². The predicted octanol–water partition coefficient (Wildman–Crippen LogP) is 3.18. The Labute approximate surface area is 77.4 Å². The summed E-state index contributed by atoms with van der Waals surface area (Å²) in [6, 6.07) is 7.04. The zero-order chi connectivity index (χ0) is 9.14. The molecule has 0 bridgehead atoms. The van der Waals surface area contributed by atoms with Gasteiger partial charge in [0, 0.05) is 16.5 Å². The van der Waals surface area contributed by atoms with Crippen LogP contribution in [0.3, 0.4) is 0 Å². The van der Waals surface area contributed by atoms with Crippen molar-refractivity contribution in [2.75, 3.05) is 0 Å². The van der Waals surface area contributed by atoms with Crippen LogP contribution in [0.2, 0.25) is 5.02 Å². The molecule has 0 spiro atoms. The van der Waals surface area contributed by atoms with Crippen molar-refractivity contribution in [3.05, 3.63) is 34.9 Å². The molecule has 0 radical (unpaired) electrons. The summed E-state index contributed by atoms with van der Waals surface area (Å²) in [5.41, 5.74) is 0.692. The van der Waals surface area contributed by atoms with Gasteiger partial charge in [-0.3, -0.25) is 4.79 Å². The van der Waals surface area contributed by atoms with Crippen LogP contribution in [0.1, 0.15) is 24.2 Å². The molecule has 64 valence electrons. The normalized spacial score (nSPS) is 10.3. The first-order chi connectivity index (χ1) is 5.61. The van der Waals surface area contributed by atoms with Crippen molar-refractivity contribution in [2.45, 2.75) is 13.8 Å². The molecule has 0 N–H and O–H groups in total. The van der Waals surface area contributed by atoms with Crippen molar-refractivity contribution in [1.82, 2.24) is 0 Å². The van der Waals surface area contributed by atoms with Gasteiger partial charge in [-0.15, -0.1) is 0 Å². The molecule has 12 heavy (non-hydrogen) atoms. The quantitative estimate of drug-likeness (QED) is 0.643. The Morgan fingerprint density at radius 2 is 2.08 bits per heavy atom. The minimum atomic E-state index is 0.0310. The number of halogens is 1. The molecular weight excluding hydrogens is 172 g/mol. The van der Waals surface area contributed by atoms with Gasteiger partial charge < -0.3 is 0 Å². The van der Waals surface area contributed by atoms with Crippen LogP contribution in [0.15, 0.2) is 24.3 Å². The molecule has 0 aliphatic rings. The molecule has 0 atom stereocenters. The van der Waals surface area contributed by atoms with Gasteiger partial charge in [-0.25, -0.2) is 0 Å². The number of hydrogen-bond donors (Lipinski definition) is 0. The van der Waals surface area contributed by atoms with Crippen molar-refractivity contribution in [3.8, 4) is 0 Å². The van der Waals surface area contributed by atoms with Crippen LogP contribution in [-0.4, -0.2) is 5.78 Å². The average Bonchev–Trinajstić information content (AvgIpc) is 2.03. The van der Waals surface area contributed by atoms with E-state index in [2.05, 4.69) is 0 Å². The summed E-state index contributed by atoms with van der Waals surface area (Å²) < 4.78 is 0. The summed E-state index contributed by atoms with van der Waals surface area (Å²) in [5.74, 6) is 0.168. The molecule has 0 aromatic heterocycles. The minimum absolute atomic E-state index is 0.0310. The van der Waals surface area contributed by atoms with Crippen molar-refractivity contribution in [3.63, 3.8) is 0 Å². The van der Waals surface area contributed by atoms with E-state index >= 15 is 0 Å². The first-order valence-electron chi connectivity index (χ1n) is 3.91. The van der Waals surface area contributed by atoms with E-state index in [1.165, 1.54) is 0 Å². The Hall–Kier alpha value is -0.820. The fourth-order valence-electron chi connectivity index (χ4n) is 0.975. The third-order valence-electron chi connectivity index (χ3n) is 1.63. The molecule has 0 aliphatic carbocycles. The Morgan fingerprint density at radius 3 is 2.58 bits per heavy atom. The molecule has 1 aromatic carbocycles. The molecule has 1 rings (SSSR count). The van der Waals surface area contributed by atoms with Gasteiger partial charge in [-0.1, -0.05) is 37.6 Å².